The summed E-state index contributed by atoms with van der Waals surface area (Å²) >= 11 is 0. The fourth-order valence-electron chi connectivity index (χ4n) is 2.41. The molecule has 0 saturated carbocycles. The monoisotopic (exact) mass is 325 g/mol. The van der Waals surface area contributed by atoms with Gasteiger partial charge in [0, 0.05) is 25.8 Å². The van der Waals surface area contributed by atoms with E-state index in [4.69, 9.17) is 0 Å². The number of benzene rings is 1. The van der Waals surface area contributed by atoms with Crippen LogP contribution < -0.4 is 5.32 Å². The fourth-order valence-corrected chi connectivity index (χ4v) is 3.81. The molecular weight excluding hydrogens is 302 g/mol. The lowest BCUT2D eigenvalue weighted by molar-refractivity contribution is -0.116. The summed E-state index contributed by atoms with van der Waals surface area (Å²) in [4.78, 5) is 12.0. The molecule has 2 rings (SSSR count). The van der Waals surface area contributed by atoms with Gasteiger partial charge in [0.25, 0.3) is 10.2 Å². The third-order valence-electron chi connectivity index (χ3n) is 3.74. The van der Waals surface area contributed by atoms with Crippen molar-refractivity contribution in [2.45, 2.75) is 26.2 Å². The van der Waals surface area contributed by atoms with Gasteiger partial charge in [0.05, 0.1) is 6.54 Å². The van der Waals surface area contributed by atoms with Crippen LogP contribution in [-0.2, 0) is 15.0 Å². The second kappa shape index (κ2) is 7.21. The molecule has 0 radical (unpaired) electrons. The van der Waals surface area contributed by atoms with Crippen LogP contribution in [0.2, 0.25) is 0 Å². The summed E-state index contributed by atoms with van der Waals surface area (Å²) < 4.78 is 27.3. The van der Waals surface area contributed by atoms with Crippen LogP contribution in [0.1, 0.15) is 24.8 Å². The molecule has 122 valence electrons. The number of rotatable bonds is 5. The molecule has 0 unspecified atom stereocenters. The summed E-state index contributed by atoms with van der Waals surface area (Å²) in [6.07, 6.45) is 2.81. The van der Waals surface area contributed by atoms with Crippen LogP contribution in [0, 0.1) is 6.92 Å². The molecule has 0 aromatic heterocycles. The highest BCUT2D eigenvalue weighted by Gasteiger charge is 2.29. The van der Waals surface area contributed by atoms with Gasteiger partial charge in [0.1, 0.15) is 0 Å². The van der Waals surface area contributed by atoms with Crippen molar-refractivity contribution < 1.29 is 13.2 Å². The van der Waals surface area contributed by atoms with Crippen molar-refractivity contribution in [3.63, 3.8) is 0 Å². The first-order valence-corrected chi connectivity index (χ1v) is 8.87. The van der Waals surface area contributed by atoms with Crippen molar-refractivity contribution in [2.24, 2.45) is 0 Å². The molecule has 1 amide bonds. The van der Waals surface area contributed by atoms with E-state index < -0.39 is 10.2 Å². The number of hydrogen-bond acceptors (Lipinski definition) is 3. The van der Waals surface area contributed by atoms with Crippen molar-refractivity contribution in [3.8, 4) is 0 Å². The van der Waals surface area contributed by atoms with E-state index in [0.29, 0.717) is 18.8 Å². The molecule has 1 heterocycles. The van der Waals surface area contributed by atoms with Gasteiger partial charge in [-0.2, -0.15) is 17.0 Å². The van der Waals surface area contributed by atoms with Crippen molar-refractivity contribution in [1.82, 2.24) is 8.61 Å². The summed E-state index contributed by atoms with van der Waals surface area (Å²) in [6, 6.07) is 7.38. The summed E-state index contributed by atoms with van der Waals surface area (Å²) in [5, 5.41) is 2.71. The Kier molecular flexibility index (Phi) is 5.55. The highest BCUT2D eigenvalue weighted by Crippen LogP contribution is 2.15. The number of carbonyl (C=O) groups excluding carboxylic acids is 1. The maximum absolute atomic E-state index is 12.4. The Morgan fingerprint density at radius 3 is 2.36 bits per heavy atom. The number of carbonyl (C=O) groups is 1. The number of likely N-dealkylation sites (N-methyl/N-ethyl adjacent to an activating group) is 1. The van der Waals surface area contributed by atoms with Crippen molar-refractivity contribution in [1.29, 1.82) is 0 Å². The van der Waals surface area contributed by atoms with Crippen LogP contribution in [-0.4, -0.2) is 49.6 Å². The summed E-state index contributed by atoms with van der Waals surface area (Å²) in [6.45, 7) is 2.84. The number of aryl methyl sites for hydroxylation is 1. The molecule has 0 spiro atoms. The lowest BCUT2D eigenvalue weighted by atomic mass is 10.2. The molecule has 1 aromatic carbocycles. The third-order valence-corrected chi connectivity index (χ3v) is 5.67. The number of anilines is 1. The average molecular weight is 325 g/mol. The highest BCUT2D eigenvalue weighted by atomic mass is 32.2. The zero-order valence-electron chi connectivity index (χ0n) is 13.1. The van der Waals surface area contributed by atoms with Crippen molar-refractivity contribution in [2.75, 3.05) is 32.0 Å². The first-order valence-electron chi connectivity index (χ1n) is 7.47. The van der Waals surface area contributed by atoms with E-state index in [0.717, 1.165) is 29.1 Å². The highest BCUT2D eigenvalue weighted by molar-refractivity contribution is 7.86. The molecule has 1 saturated heterocycles. The van der Waals surface area contributed by atoms with E-state index in [2.05, 4.69) is 5.32 Å². The fraction of sp³-hybridized carbons (Fsp3) is 0.533. The molecule has 1 aromatic rings. The van der Waals surface area contributed by atoms with Crippen LogP contribution in [0.3, 0.4) is 0 Å². The molecule has 6 nitrogen and oxygen atoms in total. The van der Waals surface area contributed by atoms with E-state index in [1.165, 1.54) is 11.4 Å². The SMILES string of the molecule is Cc1ccc(NC(=O)CN(C)S(=O)(=O)N2CCCCC2)cc1. The van der Waals surface area contributed by atoms with E-state index in [1.807, 2.05) is 19.1 Å². The Morgan fingerprint density at radius 2 is 1.77 bits per heavy atom. The Labute approximate surface area is 132 Å². The normalized spacial score (nSPS) is 16.7. The Morgan fingerprint density at radius 1 is 1.18 bits per heavy atom. The topological polar surface area (TPSA) is 69.7 Å². The van der Waals surface area contributed by atoms with Crippen LogP contribution in [0.25, 0.3) is 0 Å². The van der Waals surface area contributed by atoms with Gasteiger partial charge >= 0.3 is 0 Å². The molecule has 0 bridgehead atoms. The van der Waals surface area contributed by atoms with Gasteiger partial charge in [-0.25, -0.2) is 0 Å². The minimum atomic E-state index is -3.55. The smallest absolute Gasteiger partial charge is 0.282 e. The second-order valence-electron chi connectivity index (χ2n) is 5.64. The molecule has 1 N–H and O–H groups in total. The largest absolute Gasteiger partial charge is 0.325 e. The molecule has 1 aliphatic rings. The molecule has 22 heavy (non-hydrogen) atoms. The Bertz CT molecular complexity index is 607. The Hall–Kier alpha value is -1.44. The van der Waals surface area contributed by atoms with Gasteiger partial charge in [-0.05, 0) is 31.9 Å². The lowest BCUT2D eigenvalue weighted by Gasteiger charge is -2.29. The van der Waals surface area contributed by atoms with Crippen molar-refractivity contribution in [3.05, 3.63) is 29.8 Å². The predicted molar refractivity (Wildman–Crippen MR) is 86.8 cm³/mol. The Balaban J connectivity index is 1.93. The van der Waals surface area contributed by atoms with Gasteiger partial charge in [-0.15, -0.1) is 0 Å². The minimum Gasteiger partial charge on any atom is -0.325 e. The summed E-state index contributed by atoms with van der Waals surface area (Å²) in [5.74, 6) is -0.341. The predicted octanol–water partition coefficient (Wildman–Crippen LogP) is 1.60. The average Bonchev–Trinajstić information content (AvgIpc) is 2.50. The molecule has 1 aliphatic heterocycles. The van der Waals surface area contributed by atoms with Crippen LogP contribution in [0.4, 0.5) is 5.69 Å². The van der Waals surface area contributed by atoms with Crippen molar-refractivity contribution >= 4 is 21.8 Å². The molecule has 0 aliphatic carbocycles. The second-order valence-corrected chi connectivity index (χ2v) is 7.67. The number of amides is 1. The van der Waals surface area contributed by atoms with Gasteiger partial charge in [-0.3, -0.25) is 4.79 Å². The maximum atomic E-state index is 12.4. The lowest BCUT2D eigenvalue weighted by Crippen LogP contribution is -2.46. The molecule has 1 fully saturated rings. The first kappa shape index (κ1) is 16.9. The van der Waals surface area contributed by atoms with Gasteiger partial charge < -0.3 is 5.32 Å². The van der Waals surface area contributed by atoms with E-state index in [-0.39, 0.29) is 12.5 Å². The van der Waals surface area contributed by atoms with E-state index in [9.17, 15) is 13.2 Å². The van der Waals surface area contributed by atoms with Crippen LogP contribution >= 0.6 is 0 Å². The molecular formula is C15H23N3O3S. The van der Waals surface area contributed by atoms with Gasteiger partial charge in [0.15, 0.2) is 0 Å². The molecule has 0 atom stereocenters. The van der Waals surface area contributed by atoms with Gasteiger partial charge in [-0.1, -0.05) is 24.1 Å². The zero-order chi connectivity index (χ0) is 16.2. The van der Waals surface area contributed by atoms with Crippen LogP contribution in [0.15, 0.2) is 24.3 Å². The van der Waals surface area contributed by atoms with E-state index >= 15 is 0 Å². The first-order chi connectivity index (χ1) is 10.4. The number of nitrogens with zero attached hydrogens (tertiary/aromatic N) is 2. The summed E-state index contributed by atoms with van der Waals surface area (Å²) in [7, 11) is -2.11. The third kappa shape index (κ3) is 4.28. The minimum absolute atomic E-state index is 0.188. The maximum Gasteiger partial charge on any atom is 0.282 e. The van der Waals surface area contributed by atoms with E-state index in [1.54, 1.807) is 12.1 Å². The summed E-state index contributed by atoms with van der Waals surface area (Å²) in [5.41, 5.74) is 1.77. The number of hydrogen-bond donors (Lipinski definition) is 1. The standard InChI is InChI=1S/C15H23N3O3S/c1-13-6-8-14(9-7-13)16-15(19)12-17(2)22(20,21)18-10-4-3-5-11-18/h6-9H,3-5,10-12H2,1-2H3,(H,16,19). The zero-order valence-corrected chi connectivity index (χ0v) is 13.9. The number of piperidine rings is 1. The number of nitrogens with one attached hydrogen (secondary N) is 1. The quantitative estimate of drug-likeness (QED) is 0.894. The molecule has 7 heteroatoms. The van der Waals surface area contributed by atoms with Crippen LogP contribution in [0.5, 0.6) is 0 Å². The van der Waals surface area contributed by atoms with Gasteiger partial charge in [0.2, 0.25) is 5.91 Å².